The number of hydrogen-bond acceptors (Lipinski definition) is 2. The van der Waals surface area contributed by atoms with Gasteiger partial charge in [-0.1, -0.05) is 23.7 Å². The van der Waals surface area contributed by atoms with Gasteiger partial charge in [0.05, 0.1) is 0 Å². The molecule has 4 heteroatoms. The fourth-order valence-electron chi connectivity index (χ4n) is 1.33. The van der Waals surface area contributed by atoms with Crippen molar-refractivity contribution in [3.63, 3.8) is 0 Å². The highest BCUT2D eigenvalue weighted by atomic mass is 35.5. The SMILES string of the molecule is O=C(CCCO)NCCc1ccc(Cl)cc1. The third-order valence-corrected chi connectivity index (χ3v) is 2.46. The van der Waals surface area contributed by atoms with Gasteiger partial charge in [0.15, 0.2) is 0 Å². The first-order valence-electron chi connectivity index (χ1n) is 5.34. The van der Waals surface area contributed by atoms with Crippen molar-refractivity contribution in [2.75, 3.05) is 13.2 Å². The molecule has 0 spiro atoms. The molecule has 0 aliphatic carbocycles. The van der Waals surface area contributed by atoms with Gasteiger partial charge in [0.25, 0.3) is 0 Å². The predicted octanol–water partition coefficient (Wildman–Crippen LogP) is 1.77. The van der Waals surface area contributed by atoms with Crippen molar-refractivity contribution in [3.8, 4) is 0 Å². The molecule has 0 saturated carbocycles. The first-order valence-corrected chi connectivity index (χ1v) is 5.72. The molecular formula is C12H16ClNO2. The molecule has 0 aliphatic heterocycles. The quantitative estimate of drug-likeness (QED) is 0.798. The van der Waals surface area contributed by atoms with Crippen molar-refractivity contribution in [1.29, 1.82) is 0 Å². The summed E-state index contributed by atoms with van der Waals surface area (Å²) in [5.74, 6) is -0.0111. The third kappa shape index (κ3) is 5.14. The lowest BCUT2D eigenvalue weighted by Gasteiger charge is -2.04. The topological polar surface area (TPSA) is 49.3 Å². The van der Waals surface area contributed by atoms with Gasteiger partial charge in [-0.3, -0.25) is 4.79 Å². The minimum atomic E-state index is -0.0111. The van der Waals surface area contributed by atoms with Gasteiger partial charge in [0.2, 0.25) is 5.91 Å². The van der Waals surface area contributed by atoms with Crippen molar-refractivity contribution in [1.82, 2.24) is 5.32 Å². The molecular weight excluding hydrogens is 226 g/mol. The zero-order chi connectivity index (χ0) is 11.8. The van der Waals surface area contributed by atoms with Gasteiger partial charge >= 0.3 is 0 Å². The zero-order valence-corrected chi connectivity index (χ0v) is 9.83. The zero-order valence-electron chi connectivity index (χ0n) is 9.08. The van der Waals surface area contributed by atoms with Gasteiger partial charge in [-0.05, 0) is 30.5 Å². The molecule has 0 bridgehead atoms. The molecule has 1 aromatic carbocycles. The van der Waals surface area contributed by atoms with Crippen LogP contribution in [-0.4, -0.2) is 24.2 Å². The normalized spacial score (nSPS) is 10.1. The molecule has 0 aromatic heterocycles. The average molecular weight is 242 g/mol. The fourth-order valence-corrected chi connectivity index (χ4v) is 1.45. The van der Waals surface area contributed by atoms with Gasteiger partial charge in [-0.25, -0.2) is 0 Å². The summed E-state index contributed by atoms with van der Waals surface area (Å²) in [6.07, 6.45) is 1.70. The van der Waals surface area contributed by atoms with E-state index in [4.69, 9.17) is 16.7 Å². The molecule has 16 heavy (non-hydrogen) atoms. The van der Waals surface area contributed by atoms with Crippen LogP contribution in [0.2, 0.25) is 5.02 Å². The highest BCUT2D eigenvalue weighted by molar-refractivity contribution is 6.30. The van der Waals surface area contributed by atoms with Crippen molar-refractivity contribution in [2.45, 2.75) is 19.3 Å². The first kappa shape index (κ1) is 13.0. The second kappa shape index (κ2) is 7.25. The maximum absolute atomic E-state index is 11.2. The monoisotopic (exact) mass is 241 g/mol. The molecule has 0 unspecified atom stereocenters. The van der Waals surface area contributed by atoms with E-state index in [9.17, 15) is 4.79 Å². The molecule has 0 atom stereocenters. The number of carbonyl (C=O) groups is 1. The van der Waals surface area contributed by atoms with Gasteiger partial charge in [0, 0.05) is 24.6 Å². The van der Waals surface area contributed by atoms with Crippen LogP contribution in [0.25, 0.3) is 0 Å². The van der Waals surface area contributed by atoms with Crippen LogP contribution in [0.1, 0.15) is 18.4 Å². The average Bonchev–Trinajstić information content (AvgIpc) is 2.29. The van der Waals surface area contributed by atoms with Gasteiger partial charge in [0.1, 0.15) is 0 Å². The van der Waals surface area contributed by atoms with Gasteiger partial charge in [-0.15, -0.1) is 0 Å². The molecule has 0 radical (unpaired) electrons. The lowest BCUT2D eigenvalue weighted by atomic mass is 10.1. The molecule has 1 rings (SSSR count). The summed E-state index contributed by atoms with van der Waals surface area (Å²) in [4.78, 5) is 11.2. The largest absolute Gasteiger partial charge is 0.396 e. The molecule has 0 fully saturated rings. The van der Waals surface area contributed by atoms with Crippen molar-refractivity contribution >= 4 is 17.5 Å². The Labute approximate surface area is 100 Å². The number of rotatable bonds is 6. The Hall–Kier alpha value is -1.06. The number of halogens is 1. The van der Waals surface area contributed by atoms with E-state index in [0.717, 1.165) is 17.0 Å². The predicted molar refractivity (Wildman–Crippen MR) is 64.5 cm³/mol. The Morgan fingerprint density at radius 3 is 2.62 bits per heavy atom. The highest BCUT2D eigenvalue weighted by Crippen LogP contribution is 2.09. The minimum Gasteiger partial charge on any atom is -0.396 e. The van der Waals surface area contributed by atoms with E-state index in [2.05, 4.69) is 5.32 Å². The van der Waals surface area contributed by atoms with Gasteiger partial charge in [-0.2, -0.15) is 0 Å². The molecule has 0 aliphatic rings. The Morgan fingerprint density at radius 1 is 1.31 bits per heavy atom. The fraction of sp³-hybridized carbons (Fsp3) is 0.417. The number of hydrogen-bond donors (Lipinski definition) is 2. The van der Waals surface area contributed by atoms with Crippen LogP contribution in [0.15, 0.2) is 24.3 Å². The standard InChI is InChI=1S/C12H16ClNO2/c13-11-5-3-10(4-6-11)7-8-14-12(16)2-1-9-15/h3-6,15H,1-2,7-9H2,(H,14,16). The molecule has 0 saturated heterocycles. The molecule has 1 amide bonds. The molecule has 88 valence electrons. The lowest BCUT2D eigenvalue weighted by molar-refractivity contribution is -0.121. The Balaban J connectivity index is 2.20. The summed E-state index contributed by atoms with van der Waals surface area (Å²) in [5.41, 5.74) is 1.15. The number of benzene rings is 1. The summed E-state index contributed by atoms with van der Waals surface area (Å²) in [6.45, 7) is 0.677. The third-order valence-electron chi connectivity index (χ3n) is 2.21. The lowest BCUT2D eigenvalue weighted by Crippen LogP contribution is -2.25. The summed E-state index contributed by atoms with van der Waals surface area (Å²) >= 11 is 5.76. The van der Waals surface area contributed by atoms with Crippen LogP contribution >= 0.6 is 11.6 Å². The summed E-state index contributed by atoms with van der Waals surface area (Å²) in [6, 6.07) is 7.57. The van der Waals surface area contributed by atoms with E-state index in [-0.39, 0.29) is 12.5 Å². The van der Waals surface area contributed by atoms with E-state index in [0.29, 0.717) is 19.4 Å². The number of aliphatic hydroxyl groups excluding tert-OH is 1. The van der Waals surface area contributed by atoms with E-state index < -0.39 is 0 Å². The number of amides is 1. The maximum Gasteiger partial charge on any atom is 0.220 e. The van der Waals surface area contributed by atoms with Crippen LogP contribution < -0.4 is 5.32 Å². The molecule has 1 aromatic rings. The Kier molecular flexibility index (Phi) is 5.90. The van der Waals surface area contributed by atoms with Crippen LogP contribution in [0, 0.1) is 0 Å². The first-order chi connectivity index (χ1) is 7.72. The van der Waals surface area contributed by atoms with Crippen molar-refractivity contribution in [2.24, 2.45) is 0 Å². The second-order valence-corrected chi connectivity index (χ2v) is 3.99. The number of aliphatic hydroxyl groups is 1. The van der Waals surface area contributed by atoms with Crippen LogP contribution in [0.5, 0.6) is 0 Å². The van der Waals surface area contributed by atoms with Crippen molar-refractivity contribution < 1.29 is 9.90 Å². The van der Waals surface area contributed by atoms with Crippen molar-refractivity contribution in [3.05, 3.63) is 34.9 Å². The summed E-state index contributed by atoms with van der Waals surface area (Å²) < 4.78 is 0. The minimum absolute atomic E-state index is 0.0111. The van der Waals surface area contributed by atoms with Crippen LogP contribution in [0.4, 0.5) is 0 Å². The molecule has 0 heterocycles. The van der Waals surface area contributed by atoms with Crippen LogP contribution in [0.3, 0.4) is 0 Å². The van der Waals surface area contributed by atoms with E-state index in [1.165, 1.54) is 0 Å². The number of nitrogens with one attached hydrogen (secondary N) is 1. The van der Waals surface area contributed by atoms with E-state index in [1.54, 1.807) is 0 Å². The van der Waals surface area contributed by atoms with Gasteiger partial charge < -0.3 is 10.4 Å². The Morgan fingerprint density at radius 2 is 2.00 bits per heavy atom. The second-order valence-electron chi connectivity index (χ2n) is 3.55. The van der Waals surface area contributed by atoms with E-state index >= 15 is 0 Å². The highest BCUT2D eigenvalue weighted by Gasteiger charge is 1.99. The summed E-state index contributed by atoms with van der Waals surface area (Å²) in [7, 11) is 0. The number of carbonyl (C=O) groups excluding carboxylic acids is 1. The molecule has 3 nitrogen and oxygen atoms in total. The summed E-state index contributed by atoms with van der Waals surface area (Å²) in [5, 5.41) is 12.1. The smallest absolute Gasteiger partial charge is 0.220 e. The molecule has 2 N–H and O–H groups in total. The Bertz CT molecular complexity index is 324. The van der Waals surface area contributed by atoms with Crippen LogP contribution in [-0.2, 0) is 11.2 Å². The maximum atomic E-state index is 11.2. The van der Waals surface area contributed by atoms with E-state index in [1.807, 2.05) is 24.3 Å².